The highest BCUT2D eigenvalue weighted by Gasteiger charge is 2.23. The molecule has 0 aliphatic carbocycles. The minimum Gasteiger partial charge on any atom is -0.394 e. The maximum Gasteiger partial charge on any atom is 0.128 e. The molecule has 0 bridgehead atoms. The summed E-state index contributed by atoms with van der Waals surface area (Å²) in [4.78, 5) is 6.79. The maximum absolute atomic E-state index is 9.09. The molecule has 1 aliphatic rings. The molecule has 0 amide bonds. The second kappa shape index (κ2) is 6.58. The largest absolute Gasteiger partial charge is 0.394 e. The fourth-order valence-corrected chi connectivity index (χ4v) is 3.17. The second-order valence-corrected chi connectivity index (χ2v) is 6.21. The van der Waals surface area contributed by atoms with Crippen molar-refractivity contribution >= 4 is 21.7 Å². The predicted octanol–water partition coefficient (Wildman–Crippen LogP) is 2.42. The van der Waals surface area contributed by atoms with E-state index in [1.54, 1.807) is 0 Å². The third-order valence-corrected chi connectivity index (χ3v) is 4.48. The molecular formula is C15H19BrN4O. The number of aromatic nitrogens is 3. The lowest BCUT2D eigenvalue weighted by atomic mass is 9.93. The Morgan fingerprint density at radius 1 is 1.24 bits per heavy atom. The van der Waals surface area contributed by atoms with Gasteiger partial charge >= 0.3 is 0 Å². The molecule has 1 N–H and O–H groups in total. The lowest BCUT2D eigenvalue weighted by Crippen LogP contribution is -2.34. The minimum absolute atomic E-state index is 0.135. The number of halogens is 1. The number of aliphatic hydroxyl groups is 1. The Bertz CT molecular complexity index is 576. The van der Waals surface area contributed by atoms with Crippen LogP contribution < -0.4 is 4.90 Å². The molecule has 0 atom stereocenters. The van der Waals surface area contributed by atoms with Crippen LogP contribution in [0.5, 0.6) is 0 Å². The lowest BCUT2D eigenvalue weighted by Gasteiger charge is -2.33. The van der Waals surface area contributed by atoms with Crippen LogP contribution in [0.1, 0.15) is 24.5 Å². The van der Waals surface area contributed by atoms with E-state index in [2.05, 4.69) is 43.0 Å². The number of piperidine rings is 1. The lowest BCUT2D eigenvalue weighted by molar-refractivity contribution is 0.265. The predicted molar refractivity (Wildman–Crippen MR) is 85.4 cm³/mol. The van der Waals surface area contributed by atoms with Crippen molar-refractivity contribution in [3.05, 3.63) is 40.8 Å². The van der Waals surface area contributed by atoms with Crippen LogP contribution in [0.25, 0.3) is 0 Å². The van der Waals surface area contributed by atoms with Gasteiger partial charge in [0.05, 0.1) is 13.2 Å². The standard InChI is InChI=1S/C15H19BrN4O/c16-13-1-2-15(17-11-13)19-7-4-12(5-8-19)14-3-6-18-20(14)9-10-21/h1-3,6,11-12,21H,4-5,7-10H2. The molecule has 0 spiro atoms. The zero-order chi connectivity index (χ0) is 14.7. The normalized spacial score (nSPS) is 16.4. The molecule has 21 heavy (non-hydrogen) atoms. The number of anilines is 1. The number of aliphatic hydroxyl groups excluding tert-OH is 1. The molecule has 6 heteroatoms. The summed E-state index contributed by atoms with van der Waals surface area (Å²) in [6, 6.07) is 6.17. The van der Waals surface area contributed by atoms with Gasteiger partial charge in [-0.25, -0.2) is 4.98 Å². The molecule has 0 saturated carbocycles. The fourth-order valence-electron chi connectivity index (χ4n) is 2.93. The topological polar surface area (TPSA) is 54.2 Å². The molecule has 1 fully saturated rings. The third kappa shape index (κ3) is 3.27. The first kappa shape index (κ1) is 14.5. The van der Waals surface area contributed by atoms with E-state index in [0.717, 1.165) is 36.2 Å². The summed E-state index contributed by atoms with van der Waals surface area (Å²) in [5.74, 6) is 1.56. The number of pyridine rings is 1. The molecule has 0 aromatic carbocycles. The Labute approximate surface area is 132 Å². The Hall–Kier alpha value is -1.40. The first-order chi connectivity index (χ1) is 10.3. The van der Waals surface area contributed by atoms with E-state index in [4.69, 9.17) is 5.11 Å². The van der Waals surface area contributed by atoms with Gasteiger partial charge in [-0.05, 0) is 47.0 Å². The van der Waals surface area contributed by atoms with Crippen LogP contribution in [-0.4, -0.2) is 39.6 Å². The number of rotatable bonds is 4. The van der Waals surface area contributed by atoms with Crippen LogP contribution in [0.2, 0.25) is 0 Å². The smallest absolute Gasteiger partial charge is 0.128 e. The SMILES string of the molecule is OCCn1nccc1C1CCN(c2ccc(Br)cn2)CC1. The number of nitrogens with zero attached hydrogens (tertiary/aromatic N) is 4. The zero-order valence-electron chi connectivity index (χ0n) is 11.8. The van der Waals surface area contributed by atoms with Crippen LogP contribution >= 0.6 is 15.9 Å². The van der Waals surface area contributed by atoms with Gasteiger partial charge in [-0.3, -0.25) is 4.68 Å². The Balaban J connectivity index is 1.64. The van der Waals surface area contributed by atoms with Crippen molar-refractivity contribution in [2.75, 3.05) is 24.6 Å². The van der Waals surface area contributed by atoms with Gasteiger partial charge in [0.1, 0.15) is 5.82 Å². The van der Waals surface area contributed by atoms with E-state index < -0.39 is 0 Å². The van der Waals surface area contributed by atoms with Crippen molar-refractivity contribution in [2.45, 2.75) is 25.3 Å². The van der Waals surface area contributed by atoms with E-state index in [1.807, 2.05) is 23.1 Å². The quantitative estimate of drug-likeness (QED) is 0.919. The van der Waals surface area contributed by atoms with Gasteiger partial charge in [-0.2, -0.15) is 5.10 Å². The summed E-state index contributed by atoms with van der Waals surface area (Å²) < 4.78 is 2.94. The Morgan fingerprint density at radius 2 is 2.05 bits per heavy atom. The van der Waals surface area contributed by atoms with Gasteiger partial charge in [0.15, 0.2) is 0 Å². The first-order valence-corrected chi connectivity index (χ1v) is 8.06. The first-order valence-electron chi connectivity index (χ1n) is 7.27. The van der Waals surface area contributed by atoms with Crippen molar-refractivity contribution in [2.24, 2.45) is 0 Å². The number of hydrogen-bond donors (Lipinski definition) is 1. The average Bonchev–Trinajstić information content (AvgIpc) is 2.97. The van der Waals surface area contributed by atoms with E-state index in [9.17, 15) is 0 Å². The highest BCUT2D eigenvalue weighted by molar-refractivity contribution is 9.10. The Morgan fingerprint density at radius 3 is 2.71 bits per heavy atom. The molecular weight excluding hydrogens is 332 g/mol. The van der Waals surface area contributed by atoms with Crippen molar-refractivity contribution in [3.63, 3.8) is 0 Å². The molecule has 2 aromatic heterocycles. The van der Waals surface area contributed by atoms with Crippen molar-refractivity contribution in [1.29, 1.82) is 0 Å². The van der Waals surface area contributed by atoms with Gasteiger partial charge in [0, 0.05) is 41.6 Å². The van der Waals surface area contributed by atoms with Crippen molar-refractivity contribution in [1.82, 2.24) is 14.8 Å². The molecule has 112 valence electrons. The summed E-state index contributed by atoms with van der Waals surface area (Å²) in [6.45, 7) is 2.72. The van der Waals surface area contributed by atoms with Gasteiger partial charge in [0.2, 0.25) is 0 Å². The molecule has 1 aliphatic heterocycles. The molecule has 1 saturated heterocycles. The molecule has 0 unspecified atom stereocenters. The minimum atomic E-state index is 0.135. The van der Waals surface area contributed by atoms with Crippen LogP contribution in [0.4, 0.5) is 5.82 Å². The monoisotopic (exact) mass is 350 g/mol. The highest BCUT2D eigenvalue weighted by atomic mass is 79.9. The van der Waals surface area contributed by atoms with Gasteiger partial charge in [-0.1, -0.05) is 0 Å². The van der Waals surface area contributed by atoms with Gasteiger partial charge < -0.3 is 10.0 Å². The van der Waals surface area contributed by atoms with Gasteiger partial charge in [-0.15, -0.1) is 0 Å². The molecule has 5 nitrogen and oxygen atoms in total. The third-order valence-electron chi connectivity index (χ3n) is 4.01. The van der Waals surface area contributed by atoms with Crippen LogP contribution in [-0.2, 0) is 6.54 Å². The molecule has 3 heterocycles. The summed E-state index contributed by atoms with van der Waals surface area (Å²) >= 11 is 3.42. The number of hydrogen-bond acceptors (Lipinski definition) is 4. The summed E-state index contributed by atoms with van der Waals surface area (Å²) in [5, 5.41) is 13.4. The van der Waals surface area contributed by atoms with Crippen molar-refractivity contribution < 1.29 is 5.11 Å². The summed E-state index contributed by atoms with van der Waals surface area (Å²) in [6.07, 6.45) is 5.86. The van der Waals surface area contributed by atoms with E-state index in [0.29, 0.717) is 12.5 Å². The van der Waals surface area contributed by atoms with Crippen molar-refractivity contribution in [3.8, 4) is 0 Å². The Kier molecular flexibility index (Phi) is 4.55. The second-order valence-electron chi connectivity index (χ2n) is 5.30. The highest BCUT2D eigenvalue weighted by Crippen LogP contribution is 2.29. The van der Waals surface area contributed by atoms with Crippen LogP contribution in [0.3, 0.4) is 0 Å². The van der Waals surface area contributed by atoms with Crippen LogP contribution in [0, 0.1) is 0 Å². The van der Waals surface area contributed by atoms with E-state index >= 15 is 0 Å². The van der Waals surface area contributed by atoms with E-state index in [1.165, 1.54) is 5.69 Å². The molecule has 0 radical (unpaired) electrons. The molecule has 2 aromatic rings. The average molecular weight is 351 g/mol. The van der Waals surface area contributed by atoms with Gasteiger partial charge in [0.25, 0.3) is 0 Å². The van der Waals surface area contributed by atoms with E-state index in [-0.39, 0.29) is 6.61 Å². The summed E-state index contributed by atoms with van der Waals surface area (Å²) in [7, 11) is 0. The molecule has 3 rings (SSSR count). The zero-order valence-corrected chi connectivity index (χ0v) is 13.4. The van der Waals surface area contributed by atoms with Crippen LogP contribution in [0.15, 0.2) is 35.1 Å². The summed E-state index contributed by atoms with van der Waals surface area (Å²) in [5.41, 5.74) is 1.24. The maximum atomic E-state index is 9.09. The fraction of sp³-hybridized carbons (Fsp3) is 0.467.